The molecule has 0 spiro atoms. The molecule has 1 N–H and O–H groups in total. The fourth-order valence-electron chi connectivity index (χ4n) is 1.76. The number of hydrogen-bond donors (Lipinski definition) is 1. The molecular formula is C10H12ClF3N2. The summed E-state index contributed by atoms with van der Waals surface area (Å²) in [5.41, 5.74) is -0.0748. The Morgan fingerprint density at radius 2 is 2.12 bits per heavy atom. The van der Waals surface area contributed by atoms with Crippen molar-refractivity contribution in [2.75, 3.05) is 13.1 Å². The summed E-state index contributed by atoms with van der Waals surface area (Å²) in [7, 11) is 0. The molecule has 2 rings (SSSR count). The lowest BCUT2D eigenvalue weighted by Gasteiger charge is -2.11. The lowest BCUT2D eigenvalue weighted by Crippen LogP contribution is -2.11. The number of halogens is 4. The van der Waals surface area contributed by atoms with Crippen LogP contribution in [0.2, 0.25) is 0 Å². The van der Waals surface area contributed by atoms with Crippen molar-refractivity contribution in [3.8, 4) is 0 Å². The molecule has 0 aromatic carbocycles. The van der Waals surface area contributed by atoms with Crippen LogP contribution in [0.3, 0.4) is 0 Å². The van der Waals surface area contributed by atoms with Gasteiger partial charge in [0.25, 0.3) is 0 Å². The maximum atomic E-state index is 12.4. The van der Waals surface area contributed by atoms with Gasteiger partial charge in [0, 0.05) is 24.4 Å². The van der Waals surface area contributed by atoms with Crippen LogP contribution >= 0.6 is 12.4 Å². The molecule has 0 radical (unpaired) electrons. The first-order valence-corrected chi connectivity index (χ1v) is 4.81. The largest absolute Gasteiger partial charge is 0.416 e. The van der Waals surface area contributed by atoms with Crippen LogP contribution in [0.15, 0.2) is 18.3 Å². The summed E-state index contributed by atoms with van der Waals surface area (Å²) in [4.78, 5) is 3.99. The molecule has 1 saturated heterocycles. The highest BCUT2D eigenvalue weighted by Crippen LogP contribution is 2.31. The Bertz CT molecular complexity index is 348. The molecule has 0 bridgehead atoms. The Labute approximate surface area is 97.7 Å². The molecule has 16 heavy (non-hydrogen) atoms. The molecule has 6 heteroatoms. The maximum Gasteiger partial charge on any atom is 0.416 e. The normalized spacial score (nSPS) is 20.6. The highest BCUT2D eigenvalue weighted by Gasteiger charge is 2.31. The molecule has 90 valence electrons. The molecule has 1 unspecified atom stereocenters. The molecular weight excluding hydrogens is 241 g/mol. The fraction of sp³-hybridized carbons (Fsp3) is 0.500. The average Bonchev–Trinajstić information content (AvgIpc) is 2.69. The van der Waals surface area contributed by atoms with Crippen LogP contribution in [0.25, 0.3) is 0 Å². The lowest BCUT2D eigenvalue weighted by molar-refractivity contribution is -0.137. The third-order valence-electron chi connectivity index (χ3n) is 2.59. The first-order chi connectivity index (χ1) is 7.07. The third-order valence-corrected chi connectivity index (χ3v) is 2.59. The van der Waals surface area contributed by atoms with E-state index in [0.717, 1.165) is 25.1 Å². The van der Waals surface area contributed by atoms with Crippen molar-refractivity contribution < 1.29 is 13.2 Å². The summed E-state index contributed by atoms with van der Waals surface area (Å²) in [6.45, 7) is 1.57. The molecule has 0 aliphatic carbocycles. The standard InChI is InChI=1S/C10H11F3N2.ClH/c11-10(12,13)8-2-4-15-9(5-8)7-1-3-14-6-7;/h2,4-5,7,14H,1,3,6H2;1H. The van der Waals surface area contributed by atoms with Gasteiger partial charge in [0.15, 0.2) is 0 Å². The Morgan fingerprint density at radius 3 is 2.69 bits per heavy atom. The van der Waals surface area contributed by atoms with E-state index in [1.165, 1.54) is 6.20 Å². The summed E-state index contributed by atoms with van der Waals surface area (Å²) in [5, 5.41) is 3.11. The third kappa shape index (κ3) is 2.86. The molecule has 1 atom stereocenters. The zero-order valence-electron chi connectivity index (χ0n) is 8.42. The molecule has 2 heterocycles. The molecule has 1 fully saturated rings. The lowest BCUT2D eigenvalue weighted by atomic mass is 10.0. The van der Waals surface area contributed by atoms with Gasteiger partial charge in [-0.25, -0.2) is 0 Å². The van der Waals surface area contributed by atoms with Crippen LogP contribution < -0.4 is 5.32 Å². The van der Waals surface area contributed by atoms with E-state index in [1.807, 2.05) is 0 Å². The number of hydrogen-bond acceptors (Lipinski definition) is 2. The second kappa shape index (κ2) is 5.01. The summed E-state index contributed by atoms with van der Waals surface area (Å²) >= 11 is 0. The first-order valence-electron chi connectivity index (χ1n) is 4.81. The molecule has 2 nitrogen and oxygen atoms in total. The van der Waals surface area contributed by atoms with Crippen molar-refractivity contribution in [1.29, 1.82) is 0 Å². The Balaban J connectivity index is 0.00000128. The maximum absolute atomic E-state index is 12.4. The van der Waals surface area contributed by atoms with Crippen LogP contribution in [-0.4, -0.2) is 18.1 Å². The van der Waals surface area contributed by atoms with Gasteiger partial charge in [-0.15, -0.1) is 12.4 Å². The number of alkyl halides is 3. The summed E-state index contributed by atoms with van der Waals surface area (Å²) < 4.78 is 37.2. The van der Waals surface area contributed by atoms with Gasteiger partial charge in [-0.1, -0.05) is 0 Å². The monoisotopic (exact) mass is 252 g/mol. The SMILES string of the molecule is Cl.FC(F)(F)c1ccnc(C2CCNC2)c1. The second-order valence-corrected chi connectivity index (χ2v) is 3.66. The van der Waals surface area contributed by atoms with Crippen LogP contribution in [0.5, 0.6) is 0 Å². The molecule has 0 amide bonds. The fourth-order valence-corrected chi connectivity index (χ4v) is 1.76. The van der Waals surface area contributed by atoms with Gasteiger partial charge in [0.05, 0.1) is 5.56 Å². The second-order valence-electron chi connectivity index (χ2n) is 3.66. The number of nitrogens with one attached hydrogen (secondary N) is 1. The zero-order valence-corrected chi connectivity index (χ0v) is 9.24. The Hall–Kier alpha value is -0.810. The van der Waals surface area contributed by atoms with Crippen molar-refractivity contribution in [3.63, 3.8) is 0 Å². The van der Waals surface area contributed by atoms with E-state index in [9.17, 15) is 13.2 Å². The smallest absolute Gasteiger partial charge is 0.316 e. The minimum atomic E-state index is -4.27. The minimum absolute atomic E-state index is 0. The average molecular weight is 253 g/mol. The minimum Gasteiger partial charge on any atom is -0.316 e. The molecule has 0 saturated carbocycles. The van der Waals surface area contributed by atoms with E-state index >= 15 is 0 Å². The number of rotatable bonds is 1. The summed E-state index contributed by atoms with van der Waals surface area (Å²) in [6.07, 6.45) is -2.19. The predicted molar refractivity (Wildman–Crippen MR) is 56.7 cm³/mol. The van der Waals surface area contributed by atoms with Crippen LogP contribution in [-0.2, 0) is 6.18 Å². The van der Waals surface area contributed by atoms with Gasteiger partial charge in [0.2, 0.25) is 0 Å². The molecule has 1 aromatic rings. The summed E-state index contributed by atoms with van der Waals surface area (Å²) in [6, 6.07) is 2.16. The van der Waals surface area contributed by atoms with E-state index in [4.69, 9.17) is 0 Å². The van der Waals surface area contributed by atoms with Crippen molar-refractivity contribution in [1.82, 2.24) is 10.3 Å². The van der Waals surface area contributed by atoms with E-state index < -0.39 is 11.7 Å². The number of nitrogens with zero attached hydrogens (tertiary/aromatic N) is 1. The Morgan fingerprint density at radius 1 is 1.38 bits per heavy atom. The Kier molecular flexibility index (Phi) is 4.15. The van der Waals surface area contributed by atoms with Gasteiger partial charge in [-0.3, -0.25) is 4.98 Å². The van der Waals surface area contributed by atoms with Gasteiger partial charge in [-0.2, -0.15) is 13.2 Å². The van der Waals surface area contributed by atoms with Gasteiger partial charge >= 0.3 is 6.18 Å². The molecule has 1 aliphatic heterocycles. The summed E-state index contributed by atoms with van der Waals surface area (Å²) in [5.74, 6) is 0.118. The van der Waals surface area contributed by atoms with Crippen molar-refractivity contribution >= 4 is 12.4 Å². The predicted octanol–water partition coefficient (Wildman–Crippen LogP) is 2.60. The quantitative estimate of drug-likeness (QED) is 0.831. The van der Waals surface area contributed by atoms with E-state index in [-0.39, 0.29) is 18.3 Å². The van der Waals surface area contributed by atoms with E-state index in [2.05, 4.69) is 10.3 Å². The van der Waals surface area contributed by atoms with Crippen LogP contribution in [0, 0.1) is 0 Å². The topological polar surface area (TPSA) is 24.9 Å². The van der Waals surface area contributed by atoms with Crippen LogP contribution in [0.4, 0.5) is 13.2 Å². The van der Waals surface area contributed by atoms with Crippen molar-refractivity contribution in [2.24, 2.45) is 0 Å². The van der Waals surface area contributed by atoms with Crippen molar-refractivity contribution in [3.05, 3.63) is 29.6 Å². The van der Waals surface area contributed by atoms with E-state index in [0.29, 0.717) is 12.2 Å². The zero-order chi connectivity index (χ0) is 10.9. The van der Waals surface area contributed by atoms with Gasteiger partial charge in [0.1, 0.15) is 0 Å². The van der Waals surface area contributed by atoms with E-state index in [1.54, 1.807) is 0 Å². The highest BCUT2D eigenvalue weighted by atomic mass is 35.5. The van der Waals surface area contributed by atoms with Gasteiger partial charge in [-0.05, 0) is 25.1 Å². The molecule has 1 aliphatic rings. The number of aromatic nitrogens is 1. The first kappa shape index (κ1) is 13.3. The number of pyridine rings is 1. The van der Waals surface area contributed by atoms with Gasteiger partial charge < -0.3 is 5.32 Å². The van der Waals surface area contributed by atoms with Crippen LogP contribution in [0.1, 0.15) is 23.6 Å². The molecule has 1 aromatic heterocycles. The highest BCUT2D eigenvalue weighted by molar-refractivity contribution is 5.85. The van der Waals surface area contributed by atoms with Crippen molar-refractivity contribution in [2.45, 2.75) is 18.5 Å².